The summed E-state index contributed by atoms with van der Waals surface area (Å²) in [6, 6.07) is 7.30. The Labute approximate surface area is 183 Å². The molecule has 2 aromatic carbocycles. The van der Waals surface area contributed by atoms with E-state index in [-0.39, 0.29) is 5.02 Å². The Morgan fingerprint density at radius 3 is 2.14 bits per heavy atom. The minimum atomic E-state index is -3.76. The van der Waals surface area contributed by atoms with E-state index in [1.165, 1.54) is 18.2 Å². The molecule has 0 unspecified atom stereocenters. The Morgan fingerprint density at radius 2 is 1.52 bits per heavy atom. The summed E-state index contributed by atoms with van der Waals surface area (Å²) in [4.78, 5) is 14.5. The summed E-state index contributed by atoms with van der Waals surface area (Å²) in [6.45, 7) is 0. The van der Waals surface area contributed by atoms with Gasteiger partial charge in [0.2, 0.25) is 10.0 Å². The van der Waals surface area contributed by atoms with Crippen molar-refractivity contribution in [3.63, 3.8) is 0 Å². The van der Waals surface area contributed by atoms with E-state index in [0.717, 1.165) is 19.3 Å². The summed E-state index contributed by atoms with van der Waals surface area (Å²) in [5.41, 5.74) is 2.60. The van der Waals surface area contributed by atoms with Gasteiger partial charge in [-0.1, -0.05) is 54.1 Å². The minimum Gasteiger partial charge on any atom is -0.274 e. The van der Waals surface area contributed by atoms with Crippen LogP contribution >= 0.6 is 34.8 Å². The lowest BCUT2D eigenvalue weighted by molar-refractivity contribution is 0.0941. The van der Waals surface area contributed by atoms with E-state index in [1.807, 2.05) is 0 Å². The molecule has 29 heavy (non-hydrogen) atoms. The molecule has 5 nitrogen and oxygen atoms in total. The zero-order valence-electron chi connectivity index (χ0n) is 15.1. The van der Waals surface area contributed by atoms with Crippen molar-refractivity contribution < 1.29 is 17.6 Å². The molecular formula is C19H18Cl3FN2O3S. The third-order valence-electron chi connectivity index (χ3n) is 4.77. The number of hydrogen-bond donors (Lipinski definition) is 2. The van der Waals surface area contributed by atoms with Crippen LogP contribution in [0.2, 0.25) is 15.1 Å². The Hall–Kier alpha value is -1.38. The maximum Gasteiger partial charge on any atom is 0.269 e. The number of nitrogens with one attached hydrogen (secondary N) is 2. The number of hydrogen-bond acceptors (Lipinski definition) is 3. The maximum absolute atomic E-state index is 14.5. The van der Waals surface area contributed by atoms with Crippen LogP contribution in [0.25, 0.3) is 11.1 Å². The van der Waals surface area contributed by atoms with E-state index in [0.29, 0.717) is 34.0 Å². The second kappa shape index (κ2) is 9.18. The minimum absolute atomic E-state index is 0.293. The van der Waals surface area contributed by atoms with E-state index in [2.05, 4.69) is 10.3 Å². The van der Waals surface area contributed by atoms with Gasteiger partial charge in [-0.05, 0) is 54.3 Å². The summed E-state index contributed by atoms with van der Waals surface area (Å²) in [7, 11) is -3.76. The van der Waals surface area contributed by atoms with Crippen LogP contribution in [-0.4, -0.2) is 19.6 Å². The lowest BCUT2D eigenvalue weighted by Gasteiger charge is -2.22. The largest absolute Gasteiger partial charge is 0.274 e. The maximum atomic E-state index is 14.5. The van der Waals surface area contributed by atoms with E-state index < -0.39 is 32.6 Å². The molecule has 1 fully saturated rings. The number of halogens is 4. The average molecular weight is 480 g/mol. The smallest absolute Gasteiger partial charge is 0.269 e. The van der Waals surface area contributed by atoms with Crippen molar-refractivity contribution in [3.8, 4) is 11.1 Å². The number of sulfonamides is 1. The van der Waals surface area contributed by atoms with Crippen molar-refractivity contribution in [3.05, 3.63) is 56.8 Å². The highest BCUT2D eigenvalue weighted by Crippen LogP contribution is 2.31. The first-order valence-electron chi connectivity index (χ1n) is 8.94. The fourth-order valence-corrected chi connectivity index (χ4v) is 5.39. The van der Waals surface area contributed by atoms with Crippen molar-refractivity contribution in [2.75, 3.05) is 0 Å². The lowest BCUT2D eigenvalue weighted by Crippen LogP contribution is -2.46. The van der Waals surface area contributed by atoms with E-state index >= 15 is 0 Å². The number of amides is 1. The van der Waals surface area contributed by atoms with Crippen molar-refractivity contribution in [1.29, 1.82) is 0 Å². The van der Waals surface area contributed by atoms with Crippen LogP contribution in [0.4, 0.5) is 4.39 Å². The predicted octanol–water partition coefficient (Wildman–Crippen LogP) is 5.35. The molecule has 2 N–H and O–H groups in total. The van der Waals surface area contributed by atoms with Gasteiger partial charge in [0, 0.05) is 10.0 Å². The van der Waals surface area contributed by atoms with Gasteiger partial charge in [-0.15, -0.1) is 4.83 Å². The molecule has 1 saturated carbocycles. The van der Waals surface area contributed by atoms with Crippen LogP contribution in [0.5, 0.6) is 0 Å². The Balaban J connectivity index is 1.84. The molecule has 3 rings (SSSR count). The van der Waals surface area contributed by atoms with Crippen molar-refractivity contribution in [2.24, 2.45) is 0 Å². The second-order valence-electron chi connectivity index (χ2n) is 6.84. The van der Waals surface area contributed by atoms with Gasteiger partial charge in [-0.2, -0.15) is 0 Å². The topological polar surface area (TPSA) is 75.3 Å². The van der Waals surface area contributed by atoms with Gasteiger partial charge in [0.15, 0.2) is 5.82 Å². The highest BCUT2D eigenvalue weighted by Gasteiger charge is 2.28. The molecule has 156 valence electrons. The normalized spacial score (nSPS) is 15.3. The highest BCUT2D eigenvalue weighted by atomic mass is 35.5. The average Bonchev–Trinajstić information content (AvgIpc) is 2.68. The first-order valence-corrected chi connectivity index (χ1v) is 11.6. The van der Waals surface area contributed by atoms with Crippen LogP contribution in [0.15, 0.2) is 30.3 Å². The number of carbonyl (C=O) groups is 1. The fraction of sp³-hybridized carbons (Fsp3) is 0.316. The Bertz CT molecular complexity index is 1020. The number of carbonyl (C=O) groups excluding carboxylic acids is 1. The van der Waals surface area contributed by atoms with Crippen molar-refractivity contribution in [1.82, 2.24) is 10.3 Å². The predicted molar refractivity (Wildman–Crippen MR) is 113 cm³/mol. The molecule has 10 heteroatoms. The molecule has 0 aromatic heterocycles. The SMILES string of the molecule is O=C(NNS(=O)(=O)C1CCCCC1)c1cc(-c2cc(Cl)cc(Cl)c2)cc(Cl)c1F. The van der Waals surface area contributed by atoms with Crippen LogP contribution in [0, 0.1) is 5.82 Å². The fourth-order valence-electron chi connectivity index (χ4n) is 3.29. The van der Waals surface area contributed by atoms with E-state index in [1.54, 1.807) is 12.1 Å². The zero-order valence-corrected chi connectivity index (χ0v) is 18.2. The summed E-state index contributed by atoms with van der Waals surface area (Å²) in [6.07, 6.45) is 3.66. The molecule has 0 heterocycles. The molecule has 2 aromatic rings. The molecule has 1 aliphatic carbocycles. The monoisotopic (exact) mass is 478 g/mol. The first kappa shape index (κ1) is 22.3. The summed E-state index contributed by atoms with van der Waals surface area (Å²) >= 11 is 17.9. The number of hydrazine groups is 1. The van der Waals surface area contributed by atoms with Gasteiger partial charge in [0.05, 0.1) is 15.8 Å². The summed E-state index contributed by atoms with van der Waals surface area (Å²) in [5, 5.41) is -0.151. The van der Waals surface area contributed by atoms with Crippen molar-refractivity contribution >= 4 is 50.7 Å². The summed E-state index contributed by atoms with van der Waals surface area (Å²) < 4.78 is 39.2. The molecule has 0 saturated heterocycles. The van der Waals surface area contributed by atoms with E-state index in [4.69, 9.17) is 34.8 Å². The Kier molecular flexibility index (Phi) is 7.06. The lowest BCUT2D eigenvalue weighted by atomic mass is 10.0. The molecule has 1 amide bonds. The standard InChI is InChI=1S/C19H18Cl3FN2O3S/c20-13-6-11(7-14(21)10-13)12-8-16(18(23)17(22)9-12)19(26)24-25-29(27,28)15-4-2-1-3-5-15/h6-10,15,25H,1-5H2,(H,24,26). The van der Waals surface area contributed by atoms with Gasteiger partial charge >= 0.3 is 0 Å². The number of benzene rings is 2. The van der Waals surface area contributed by atoms with Gasteiger partial charge in [0.1, 0.15) is 0 Å². The van der Waals surface area contributed by atoms with Crippen LogP contribution in [0.3, 0.4) is 0 Å². The molecule has 0 aliphatic heterocycles. The molecular weight excluding hydrogens is 462 g/mol. The molecule has 1 aliphatic rings. The Morgan fingerprint density at radius 1 is 0.931 bits per heavy atom. The quantitative estimate of drug-likeness (QED) is 0.568. The third-order valence-corrected chi connectivity index (χ3v) is 7.21. The highest BCUT2D eigenvalue weighted by molar-refractivity contribution is 7.90. The van der Waals surface area contributed by atoms with Crippen LogP contribution in [0.1, 0.15) is 42.5 Å². The second-order valence-corrected chi connectivity index (χ2v) is 10.1. The van der Waals surface area contributed by atoms with Crippen molar-refractivity contribution in [2.45, 2.75) is 37.4 Å². The van der Waals surface area contributed by atoms with Crippen LogP contribution in [-0.2, 0) is 10.0 Å². The zero-order chi connectivity index (χ0) is 21.2. The number of rotatable bonds is 5. The van der Waals surface area contributed by atoms with Gasteiger partial charge in [-0.25, -0.2) is 12.8 Å². The van der Waals surface area contributed by atoms with Crippen LogP contribution < -0.4 is 10.3 Å². The molecule has 0 radical (unpaired) electrons. The summed E-state index contributed by atoms with van der Waals surface area (Å²) in [5.74, 6) is -1.92. The van der Waals surface area contributed by atoms with E-state index in [9.17, 15) is 17.6 Å². The molecule has 0 bridgehead atoms. The molecule has 0 atom stereocenters. The van der Waals surface area contributed by atoms with Gasteiger partial charge in [-0.3, -0.25) is 10.2 Å². The first-order chi connectivity index (χ1) is 13.7. The third kappa shape index (κ3) is 5.41. The van der Waals surface area contributed by atoms with Gasteiger partial charge in [0.25, 0.3) is 5.91 Å². The molecule has 0 spiro atoms. The van der Waals surface area contributed by atoms with Gasteiger partial charge < -0.3 is 0 Å².